The van der Waals surface area contributed by atoms with Crippen LogP contribution in [0.4, 0.5) is 5.69 Å². The summed E-state index contributed by atoms with van der Waals surface area (Å²) in [5, 5.41) is 0. The van der Waals surface area contributed by atoms with Gasteiger partial charge in [0.2, 0.25) is 11.8 Å². The zero-order valence-corrected chi connectivity index (χ0v) is 15.6. The normalized spacial score (nSPS) is 21.6. The summed E-state index contributed by atoms with van der Waals surface area (Å²) in [7, 11) is 0. The number of benzene rings is 1. The van der Waals surface area contributed by atoms with Crippen molar-refractivity contribution in [1.29, 1.82) is 0 Å². The molecule has 2 N–H and O–H groups in total. The first-order chi connectivity index (χ1) is 12.6. The number of carbonyl (C=O) groups excluding carboxylic acids is 2. The third-order valence-corrected chi connectivity index (χ3v) is 5.90. The maximum Gasteiger partial charge on any atom is 0.241 e. The lowest BCUT2D eigenvalue weighted by molar-refractivity contribution is -0.120. The summed E-state index contributed by atoms with van der Waals surface area (Å²) in [6.07, 6.45) is 9.21. The molecule has 1 aromatic carbocycles. The molecule has 5 heteroatoms. The van der Waals surface area contributed by atoms with E-state index < -0.39 is 0 Å². The van der Waals surface area contributed by atoms with Crippen molar-refractivity contribution >= 4 is 17.5 Å². The second-order valence-corrected chi connectivity index (χ2v) is 7.68. The van der Waals surface area contributed by atoms with Crippen molar-refractivity contribution < 1.29 is 9.59 Å². The van der Waals surface area contributed by atoms with Gasteiger partial charge in [-0.15, -0.1) is 0 Å². The number of primary amides is 1. The molecule has 142 valence electrons. The Hall–Kier alpha value is -1.88. The molecular weight excluding hydrogens is 326 g/mol. The van der Waals surface area contributed by atoms with E-state index in [2.05, 4.69) is 4.90 Å². The van der Waals surface area contributed by atoms with Crippen molar-refractivity contribution in [2.24, 2.45) is 11.7 Å². The number of carbonyl (C=O) groups is 2. The van der Waals surface area contributed by atoms with Gasteiger partial charge in [-0.1, -0.05) is 37.5 Å². The second kappa shape index (κ2) is 9.17. The fourth-order valence-corrected chi connectivity index (χ4v) is 4.59. The Morgan fingerprint density at radius 3 is 2.46 bits per heavy atom. The van der Waals surface area contributed by atoms with E-state index in [1.54, 1.807) is 4.90 Å². The molecule has 0 aromatic heterocycles. The third kappa shape index (κ3) is 4.85. The lowest BCUT2D eigenvalue weighted by Gasteiger charge is -2.35. The Kier molecular flexibility index (Phi) is 6.67. The number of amides is 2. The molecule has 1 atom stereocenters. The van der Waals surface area contributed by atoms with Crippen molar-refractivity contribution in [2.75, 3.05) is 24.5 Å². The molecule has 1 aliphatic carbocycles. The summed E-state index contributed by atoms with van der Waals surface area (Å²) < 4.78 is 0. The molecule has 1 unspecified atom stereocenters. The van der Waals surface area contributed by atoms with Gasteiger partial charge in [0.1, 0.15) is 0 Å². The summed E-state index contributed by atoms with van der Waals surface area (Å²) in [6.45, 7) is 1.79. The number of anilines is 1. The van der Waals surface area contributed by atoms with Crippen molar-refractivity contribution in [3.8, 4) is 0 Å². The fourth-order valence-electron chi connectivity index (χ4n) is 4.59. The van der Waals surface area contributed by atoms with Gasteiger partial charge in [0.25, 0.3) is 0 Å². The first kappa shape index (κ1) is 18.9. The minimum atomic E-state index is -0.375. The van der Waals surface area contributed by atoms with E-state index in [0.717, 1.165) is 18.2 Å². The van der Waals surface area contributed by atoms with Crippen LogP contribution >= 0.6 is 0 Å². The van der Waals surface area contributed by atoms with E-state index in [1.807, 2.05) is 30.3 Å². The largest absolute Gasteiger partial charge is 0.370 e. The number of hydrogen-bond acceptors (Lipinski definition) is 3. The SMILES string of the molecule is NC(=O)CCN(C(=O)CN1CCCC1C1CCCCC1)c1ccccc1. The minimum Gasteiger partial charge on any atom is -0.370 e. The van der Waals surface area contributed by atoms with E-state index in [0.29, 0.717) is 19.1 Å². The van der Waals surface area contributed by atoms with Gasteiger partial charge in [-0.2, -0.15) is 0 Å². The number of nitrogens with two attached hydrogens (primary N) is 1. The Morgan fingerprint density at radius 2 is 1.77 bits per heavy atom. The number of likely N-dealkylation sites (tertiary alicyclic amines) is 1. The molecule has 1 aromatic rings. The maximum absolute atomic E-state index is 13.1. The summed E-state index contributed by atoms with van der Waals surface area (Å²) >= 11 is 0. The molecule has 2 amide bonds. The maximum atomic E-state index is 13.1. The Balaban J connectivity index is 1.67. The first-order valence-corrected chi connectivity index (χ1v) is 10.0. The molecule has 0 bridgehead atoms. The first-order valence-electron chi connectivity index (χ1n) is 10.0. The van der Waals surface area contributed by atoms with E-state index in [-0.39, 0.29) is 18.2 Å². The van der Waals surface area contributed by atoms with Crippen LogP contribution in [0.25, 0.3) is 0 Å². The highest BCUT2D eigenvalue weighted by atomic mass is 16.2. The van der Waals surface area contributed by atoms with Crippen LogP contribution in [0, 0.1) is 5.92 Å². The highest BCUT2D eigenvalue weighted by Gasteiger charge is 2.34. The molecule has 26 heavy (non-hydrogen) atoms. The van der Waals surface area contributed by atoms with Crippen molar-refractivity contribution in [1.82, 2.24) is 4.90 Å². The molecule has 3 rings (SSSR count). The van der Waals surface area contributed by atoms with Gasteiger partial charge in [0.15, 0.2) is 0 Å². The summed E-state index contributed by atoms with van der Waals surface area (Å²) in [5.74, 6) is 0.440. The minimum absolute atomic E-state index is 0.0696. The molecule has 5 nitrogen and oxygen atoms in total. The Morgan fingerprint density at radius 1 is 1.04 bits per heavy atom. The smallest absolute Gasteiger partial charge is 0.241 e. The topological polar surface area (TPSA) is 66.6 Å². The predicted octanol–water partition coefficient (Wildman–Crippen LogP) is 2.94. The molecule has 0 radical (unpaired) electrons. The van der Waals surface area contributed by atoms with Gasteiger partial charge in [-0.05, 0) is 50.3 Å². The number of nitrogens with zero attached hydrogens (tertiary/aromatic N) is 2. The van der Waals surface area contributed by atoms with Crippen LogP contribution in [0.5, 0.6) is 0 Å². The third-order valence-electron chi connectivity index (χ3n) is 5.90. The number of para-hydroxylation sites is 1. The molecule has 1 heterocycles. The summed E-state index contributed by atoms with van der Waals surface area (Å²) in [5.41, 5.74) is 6.15. The van der Waals surface area contributed by atoms with Crippen LogP contribution in [0.2, 0.25) is 0 Å². The highest BCUT2D eigenvalue weighted by molar-refractivity contribution is 5.95. The lowest BCUT2D eigenvalue weighted by Crippen LogP contribution is -2.45. The van der Waals surface area contributed by atoms with Crippen LogP contribution < -0.4 is 10.6 Å². The zero-order chi connectivity index (χ0) is 18.4. The molecular formula is C21H31N3O2. The van der Waals surface area contributed by atoms with Crippen LogP contribution in [-0.2, 0) is 9.59 Å². The van der Waals surface area contributed by atoms with Crippen molar-refractivity contribution in [3.05, 3.63) is 30.3 Å². The van der Waals surface area contributed by atoms with Crippen LogP contribution in [0.1, 0.15) is 51.4 Å². The van der Waals surface area contributed by atoms with Crippen molar-refractivity contribution in [2.45, 2.75) is 57.4 Å². The van der Waals surface area contributed by atoms with Gasteiger partial charge in [-0.3, -0.25) is 14.5 Å². The Labute approximate surface area is 156 Å². The molecule has 0 spiro atoms. The van der Waals surface area contributed by atoms with Crippen LogP contribution in [-0.4, -0.2) is 42.4 Å². The average Bonchev–Trinajstić information content (AvgIpc) is 3.11. The Bertz CT molecular complexity index is 599. The molecule has 1 saturated carbocycles. The van der Waals surface area contributed by atoms with Gasteiger partial charge in [-0.25, -0.2) is 0 Å². The van der Waals surface area contributed by atoms with Gasteiger partial charge < -0.3 is 10.6 Å². The van der Waals surface area contributed by atoms with Crippen molar-refractivity contribution in [3.63, 3.8) is 0 Å². The molecule has 2 aliphatic rings. The highest BCUT2D eigenvalue weighted by Crippen LogP contribution is 2.34. The van der Waals surface area contributed by atoms with Gasteiger partial charge in [0, 0.05) is 24.7 Å². The monoisotopic (exact) mass is 357 g/mol. The standard InChI is InChI=1S/C21H31N3O2/c22-20(25)13-15-24(18-10-5-2-6-11-18)21(26)16-23-14-7-12-19(23)17-8-3-1-4-9-17/h2,5-6,10-11,17,19H,1,3-4,7-9,12-16H2,(H2,22,25). The molecule has 1 saturated heterocycles. The van der Waals surface area contributed by atoms with Gasteiger partial charge >= 0.3 is 0 Å². The summed E-state index contributed by atoms with van der Waals surface area (Å²) in [4.78, 5) is 28.4. The second-order valence-electron chi connectivity index (χ2n) is 7.68. The predicted molar refractivity (Wildman–Crippen MR) is 104 cm³/mol. The fraction of sp³-hybridized carbons (Fsp3) is 0.619. The average molecular weight is 357 g/mol. The summed E-state index contributed by atoms with van der Waals surface area (Å²) in [6, 6.07) is 10.2. The van der Waals surface area contributed by atoms with E-state index in [4.69, 9.17) is 5.73 Å². The lowest BCUT2D eigenvalue weighted by atomic mass is 9.83. The van der Waals surface area contributed by atoms with E-state index >= 15 is 0 Å². The van der Waals surface area contributed by atoms with E-state index in [9.17, 15) is 9.59 Å². The zero-order valence-electron chi connectivity index (χ0n) is 15.6. The van der Waals surface area contributed by atoms with E-state index in [1.165, 1.54) is 44.9 Å². The van der Waals surface area contributed by atoms with Crippen LogP contribution in [0.3, 0.4) is 0 Å². The quantitative estimate of drug-likeness (QED) is 0.816. The number of rotatable bonds is 7. The van der Waals surface area contributed by atoms with Gasteiger partial charge in [0.05, 0.1) is 6.54 Å². The molecule has 2 fully saturated rings. The molecule has 1 aliphatic heterocycles. The number of hydrogen-bond donors (Lipinski definition) is 1. The van der Waals surface area contributed by atoms with Crippen LogP contribution in [0.15, 0.2) is 30.3 Å².